The van der Waals surface area contributed by atoms with Crippen molar-refractivity contribution < 1.29 is 18.3 Å². The summed E-state index contributed by atoms with van der Waals surface area (Å²) in [5.41, 5.74) is 0.504. The third-order valence-corrected chi connectivity index (χ3v) is 3.87. The third kappa shape index (κ3) is 3.58. The summed E-state index contributed by atoms with van der Waals surface area (Å²) in [6.45, 7) is -0.363. The van der Waals surface area contributed by atoms with Crippen molar-refractivity contribution in [1.82, 2.24) is 9.78 Å². The SMILES string of the molecule is N#Cc1ccc(S(=O)(=O)Nc2cnn(CC(=O)O)c2)cc1. The summed E-state index contributed by atoms with van der Waals surface area (Å²) in [4.78, 5) is 10.5. The first-order valence-corrected chi connectivity index (χ1v) is 7.16. The molecule has 0 fully saturated rings. The first-order valence-electron chi connectivity index (χ1n) is 5.68. The van der Waals surface area contributed by atoms with Crippen LogP contribution in [-0.2, 0) is 21.4 Å². The first-order chi connectivity index (χ1) is 9.90. The number of benzene rings is 1. The topological polar surface area (TPSA) is 125 Å². The zero-order valence-electron chi connectivity index (χ0n) is 10.6. The number of carboxylic acids is 1. The summed E-state index contributed by atoms with van der Waals surface area (Å²) in [6, 6.07) is 7.29. The van der Waals surface area contributed by atoms with Gasteiger partial charge in [-0.1, -0.05) is 0 Å². The Balaban J connectivity index is 2.18. The van der Waals surface area contributed by atoms with Crippen molar-refractivity contribution in [2.75, 3.05) is 4.72 Å². The number of nitrogens with zero attached hydrogens (tertiary/aromatic N) is 3. The lowest BCUT2D eigenvalue weighted by Gasteiger charge is -2.05. The van der Waals surface area contributed by atoms with Gasteiger partial charge < -0.3 is 5.11 Å². The fourth-order valence-electron chi connectivity index (χ4n) is 1.56. The van der Waals surface area contributed by atoms with Crippen molar-refractivity contribution in [3.8, 4) is 6.07 Å². The number of nitriles is 1. The second-order valence-electron chi connectivity index (χ2n) is 4.06. The monoisotopic (exact) mass is 306 g/mol. The van der Waals surface area contributed by atoms with Gasteiger partial charge in [-0.05, 0) is 24.3 Å². The van der Waals surface area contributed by atoms with Gasteiger partial charge in [0.15, 0.2) is 0 Å². The van der Waals surface area contributed by atoms with E-state index in [4.69, 9.17) is 10.4 Å². The lowest BCUT2D eigenvalue weighted by atomic mass is 10.2. The molecule has 0 bridgehead atoms. The molecule has 0 saturated carbocycles. The Labute approximate surface area is 120 Å². The molecular weight excluding hydrogens is 296 g/mol. The number of hydrogen-bond acceptors (Lipinski definition) is 5. The Morgan fingerprint density at radius 1 is 1.38 bits per heavy atom. The summed E-state index contributed by atoms with van der Waals surface area (Å²) in [6.07, 6.45) is 2.49. The molecule has 0 radical (unpaired) electrons. The molecule has 0 aliphatic heterocycles. The van der Waals surface area contributed by atoms with Gasteiger partial charge in [-0.25, -0.2) is 8.42 Å². The van der Waals surface area contributed by atoms with Crippen LogP contribution < -0.4 is 4.72 Å². The van der Waals surface area contributed by atoms with E-state index in [9.17, 15) is 13.2 Å². The van der Waals surface area contributed by atoms with Crippen molar-refractivity contribution in [2.24, 2.45) is 0 Å². The zero-order valence-corrected chi connectivity index (χ0v) is 11.4. The lowest BCUT2D eigenvalue weighted by Crippen LogP contribution is -2.12. The molecule has 1 aromatic carbocycles. The van der Waals surface area contributed by atoms with E-state index in [1.807, 2.05) is 6.07 Å². The van der Waals surface area contributed by atoms with Gasteiger partial charge in [0.25, 0.3) is 10.0 Å². The second-order valence-corrected chi connectivity index (χ2v) is 5.74. The minimum Gasteiger partial charge on any atom is -0.480 e. The molecule has 108 valence electrons. The molecule has 0 aliphatic rings. The van der Waals surface area contributed by atoms with Crippen molar-refractivity contribution in [3.05, 3.63) is 42.2 Å². The van der Waals surface area contributed by atoms with E-state index in [1.54, 1.807) is 0 Å². The molecule has 2 aromatic rings. The quantitative estimate of drug-likeness (QED) is 0.835. The lowest BCUT2D eigenvalue weighted by molar-refractivity contribution is -0.137. The fraction of sp³-hybridized carbons (Fsp3) is 0.0833. The third-order valence-electron chi connectivity index (χ3n) is 2.48. The standard InChI is InChI=1S/C12H10N4O4S/c13-5-9-1-3-11(4-2-9)21(19,20)15-10-6-14-16(7-10)8-12(17)18/h1-4,6-7,15H,8H2,(H,17,18). The van der Waals surface area contributed by atoms with E-state index < -0.39 is 16.0 Å². The van der Waals surface area contributed by atoms with Crippen LogP contribution in [0.4, 0.5) is 5.69 Å². The number of hydrogen-bond donors (Lipinski definition) is 2. The van der Waals surface area contributed by atoms with E-state index in [2.05, 4.69) is 9.82 Å². The van der Waals surface area contributed by atoms with Crippen molar-refractivity contribution >= 4 is 21.7 Å². The van der Waals surface area contributed by atoms with Gasteiger partial charge in [-0.2, -0.15) is 10.4 Å². The van der Waals surface area contributed by atoms with Crippen molar-refractivity contribution in [1.29, 1.82) is 5.26 Å². The van der Waals surface area contributed by atoms with Gasteiger partial charge in [-0.3, -0.25) is 14.2 Å². The van der Waals surface area contributed by atoms with Crippen LogP contribution in [0.2, 0.25) is 0 Å². The van der Waals surface area contributed by atoms with Crippen LogP contribution in [0.1, 0.15) is 5.56 Å². The van der Waals surface area contributed by atoms with E-state index in [1.165, 1.54) is 36.7 Å². The Kier molecular flexibility index (Phi) is 3.91. The van der Waals surface area contributed by atoms with Crippen LogP contribution in [0.5, 0.6) is 0 Å². The first kappa shape index (κ1) is 14.5. The van der Waals surface area contributed by atoms with Crippen LogP contribution in [0.3, 0.4) is 0 Å². The van der Waals surface area contributed by atoms with Gasteiger partial charge in [0.2, 0.25) is 0 Å². The number of carboxylic acid groups (broad SMARTS) is 1. The molecule has 8 nitrogen and oxygen atoms in total. The van der Waals surface area contributed by atoms with Crippen LogP contribution in [0, 0.1) is 11.3 Å². The molecule has 0 aliphatic carbocycles. The maximum Gasteiger partial charge on any atom is 0.325 e. The van der Waals surface area contributed by atoms with E-state index in [0.29, 0.717) is 5.56 Å². The molecule has 0 atom stereocenters. The number of sulfonamides is 1. The minimum atomic E-state index is -3.81. The fourth-order valence-corrected chi connectivity index (χ4v) is 2.59. The predicted molar refractivity (Wildman–Crippen MR) is 71.8 cm³/mol. The Bertz CT molecular complexity index is 803. The minimum absolute atomic E-state index is 0.00696. The molecule has 0 spiro atoms. The molecule has 1 aromatic heterocycles. The molecule has 2 rings (SSSR count). The Morgan fingerprint density at radius 3 is 2.62 bits per heavy atom. The average molecular weight is 306 g/mol. The van der Waals surface area contributed by atoms with E-state index in [-0.39, 0.29) is 17.1 Å². The summed E-state index contributed by atoms with van der Waals surface area (Å²) in [5.74, 6) is -1.08. The molecule has 9 heteroatoms. The highest BCUT2D eigenvalue weighted by Gasteiger charge is 2.15. The number of aliphatic carboxylic acids is 1. The van der Waals surface area contributed by atoms with Crippen LogP contribution >= 0.6 is 0 Å². The number of anilines is 1. The van der Waals surface area contributed by atoms with Gasteiger partial charge in [-0.15, -0.1) is 0 Å². The van der Waals surface area contributed by atoms with Gasteiger partial charge in [0, 0.05) is 6.20 Å². The van der Waals surface area contributed by atoms with Crippen LogP contribution in [-0.4, -0.2) is 29.3 Å². The smallest absolute Gasteiger partial charge is 0.325 e. The average Bonchev–Trinajstić information content (AvgIpc) is 2.84. The highest BCUT2D eigenvalue weighted by molar-refractivity contribution is 7.92. The summed E-state index contributed by atoms with van der Waals surface area (Å²) >= 11 is 0. The largest absolute Gasteiger partial charge is 0.480 e. The molecular formula is C12H10N4O4S. The maximum atomic E-state index is 12.1. The normalized spacial score (nSPS) is 10.8. The highest BCUT2D eigenvalue weighted by Crippen LogP contribution is 2.15. The number of nitrogens with one attached hydrogen (secondary N) is 1. The molecule has 1 heterocycles. The summed E-state index contributed by atoms with van der Waals surface area (Å²) in [5, 5.41) is 21.0. The van der Waals surface area contributed by atoms with Crippen molar-refractivity contribution in [3.63, 3.8) is 0 Å². The molecule has 21 heavy (non-hydrogen) atoms. The van der Waals surface area contributed by atoms with E-state index >= 15 is 0 Å². The van der Waals surface area contributed by atoms with Gasteiger partial charge in [0.1, 0.15) is 6.54 Å². The molecule has 2 N–H and O–H groups in total. The van der Waals surface area contributed by atoms with Gasteiger partial charge >= 0.3 is 5.97 Å². The predicted octanol–water partition coefficient (Wildman–Crippen LogP) is 0.640. The molecule has 0 amide bonds. The van der Waals surface area contributed by atoms with Crippen molar-refractivity contribution in [2.45, 2.75) is 11.4 Å². The zero-order chi connectivity index (χ0) is 15.5. The summed E-state index contributed by atoms with van der Waals surface area (Å²) in [7, 11) is -3.81. The molecule has 0 unspecified atom stereocenters. The summed E-state index contributed by atoms with van der Waals surface area (Å²) < 4.78 is 27.5. The Morgan fingerprint density at radius 2 is 2.05 bits per heavy atom. The van der Waals surface area contributed by atoms with E-state index in [0.717, 1.165) is 4.68 Å². The van der Waals surface area contributed by atoms with Crippen LogP contribution in [0.15, 0.2) is 41.6 Å². The number of aromatic nitrogens is 2. The Hall–Kier alpha value is -2.86. The van der Waals surface area contributed by atoms with Gasteiger partial charge in [0.05, 0.1) is 28.4 Å². The highest BCUT2D eigenvalue weighted by atomic mass is 32.2. The van der Waals surface area contributed by atoms with Crippen LogP contribution in [0.25, 0.3) is 0 Å². The molecule has 0 saturated heterocycles. The second kappa shape index (κ2) is 5.64. The number of rotatable bonds is 5. The maximum absolute atomic E-state index is 12.1. The number of carbonyl (C=O) groups is 1.